The Kier molecular flexibility index (Phi) is 2.35. The van der Waals surface area contributed by atoms with E-state index < -0.39 is 0 Å². The van der Waals surface area contributed by atoms with Crippen LogP contribution in [0.2, 0.25) is 0 Å². The molecule has 0 aliphatic heterocycles. The molecule has 4 heteroatoms. The third kappa shape index (κ3) is 1.80. The zero-order valence-corrected chi connectivity index (χ0v) is 8.64. The number of rotatable bonds is 2. The summed E-state index contributed by atoms with van der Waals surface area (Å²) >= 11 is 0. The molecule has 2 aromatic rings. The number of benzene rings is 1. The summed E-state index contributed by atoms with van der Waals surface area (Å²) in [5.41, 5.74) is 10.2. The second kappa shape index (κ2) is 3.67. The van der Waals surface area contributed by atoms with E-state index in [0.29, 0.717) is 0 Å². The lowest BCUT2D eigenvalue weighted by atomic mass is 10.1. The largest absolute Gasteiger partial charge is 0.461 e. The molecule has 0 spiro atoms. The van der Waals surface area contributed by atoms with E-state index in [0.717, 1.165) is 22.3 Å². The van der Waals surface area contributed by atoms with Crippen molar-refractivity contribution < 1.29 is 4.42 Å². The Morgan fingerprint density at radius 2 is 2.20 bits per heavy atom. The van der Waals surface area contributed by atoms with Gasteiger partial charge in [0.15, 0.2) is 0 Å². The normalized spacial score (nSPS) is 12.4. The van der Waals surface area contributed by atoms with E-state index in [1.807, 2.05) is 38.1 Å². The number of azide groups is 1. The van der Waals surface area contributed by atoms with Gasteiger partial charge in [0.1, 0.15) is 11.3 Å². The van der Waals surface area contributed by atoms with Crippen molar-refractivity contribution in [2.75, 3.05) is 0 Å². The van der Waals surface area contributed by atoms with Gasteiger partial charge in [0, 0.05) is 10.3 Å². The zero-order chi connectivity index (χ0) is 10.8. The van der Waals surface area contributed by atoms with Gasteiger partial charge in [0.05, 0.1) is 6.04 Å². The van der Waals surface area contributed by atoms with E-state index >= 15 is 0 Å². The van der Waals surface area contributed by atoms with Gasteiger partial charge in [-0.15, -0.1) is 0 Å². The molecule has 0 saturated carbocycles. The highest BCUT2D eigenvalue weighted by Gasteiger charge is 2.05. The lowest BCUT2D eigenvalue weighted by Gasteiger charge is -2.03. The molecule has 0 aliphatic rings. The van der Waals surface area contributed by atoms with Crippen molar-refractivity contribution >= 4 is 11.0 Å². The van der Waals surface area contributed by atoms with Crippen molar-refractivity contribution in [1.29, 1.82) is 0 Å². The molecule has 1 atom stereocenters. The molecule has 0 saturated heterocycles. The first-order valence-corrected chi connectivity index (χ1v) is 4.75. The average Bonchev–Trinajstić information content (AvgIpc) is 2.57. The number of fused-ring (bicyclic) bond motifs is 1. The Bertz CT molecular complexity index is 538. The molecule has 0 amide bonds. The fraction of sp³-hybridized carbons (Fsp3) is 0.273. The summed E-state index contributed by atoms with van der Waals surface area (Å²) in [5.74, 6) is 0.888. The molecule has 1 unspecified atom stereocenters. The minimum atomic E-state index is -0.144. The highest BCUT2D eigenvalue weighted by atomic mass is 16.3. The Labute approximate surface area is 87.1 Å². The molecule has 0 aliphatic carbocycles. The lowest BCUT2D eigenvalue weighted by Crippen LogP contribution is -1.86. The van der Waals surface area contributed by atoms with Crippen molar-refractivity contribution in [3.8, 4) is 0 Å². The van der Waals surface area contributed by atoms with Gasteiger partial charge in [-0.2, -0.15) is 0 Å². The summed E-state index contributed by atoms with van der Waals surface area (Å²) in [5, 5.41) is 4.70. The first-order chi connectivity index (χ1) is 7.20. The van der Waals surface area contributed by atoms with Gasteiger partial charge in [-0.3, -0.25) is 0 Å². The Morgan fingerprint density at radius 3 is 2.93 bits per heavy atom. The molecule has 0 bridgehead atoms. The Balaban J connectivity index is 2.50. The van der Waals surface area contributed by atoms with Crippen LogP contribution in [0, 0.1) is 6.92 Å². The van der Waals surface area contributed by atoms with Crippen molar-refractivity contribution in [1.82, 2.24) is 0 Å². The topological polar surface area (TPSA) is 61.9 Å². The van der Waals surface area contributed by atoms with E-state index in [4.69, 9.17) is 9.95 Å². The van der Waals surface area contributed by atoms with Crippen molar-refractivity contribution in [3.05, 3.63) is 46.0 Å². The van der Waals surface area contributed by atoms with Crippen LogP contribution in [0.25, 0.3) is 21.4 Å². The summed E-state index contributed by atoms with van der Waals surface area (Å²) in [6.07, 6.45) is 0. The molecular weight excluding hydrogens is 190 g/mol. The predicted octanol–water partition coefficient (Wildman–Crippen LogP) is 4.11. The van der Waals surface area contributed by atoms with Crippen LogP contribution < -0.4 is 0 Å². The van der Waals surface area contributed by atoms with E-state index in [1.54, 1.807) is 0 Å². The van der Waals surface area contributed by atoms with Crippen LogP contribution in [0.1, 0.15) is 24.3 Å². The number of hydrogen-bond donors (Lipinski definition) is 0. The van der Waals surface area contributed by atoms with Crippen molar-refractivity contribution in [3.63, 3.8) is 0 Å². The Hall–Kier alpha value is -1.93. The highest BCUT2D eigenvalue weighted by molar-refractivity contribution is 5.78. The van der Waals surface area contributed by atoms with Gasteiger partial charge in [0.2, 0.25) is 0 Å². The molecule has 15 heavy (non-hydrogen) atoms. The number of furan rings is 1. The third-order valence-corrected chi connectivity index (χ3v) is 2.37. The van der Waals surface area contributed by atoms with E-state index in [1.165, 1.54) is 0 Å². The maximum atomic E-state index is 8.36. The van der Waals surface area contributed by atoms with Crippen LogP contribution in [0.5, 0.6) is 0 Å². The standard InChI is InChI=1S/C11H11N3O/c1-7-5-10-6-9(8(2)13-14-12)3-4-11(10)15-7/h3-6,8H,1-2H3. The second-order valence-electron chi connectivity index (χ2n) is 3.54. The minimum absolute atomic E-state index is 0.144. The van der Waals surface area contributed by atoms with Crippen LogP contribution in [0.15, 0.2) is 33.8 Å². The summed E-state index contributed by atoms with van der Waals surface area (Å²) in [7, 11) is 0. The average molecular weight is 201 g/mol. The van der Waals surface area contributed by atoms with Crippen LogP contribution in [0.3, 0.4) is 0 Å². The van der Waals surface area contributed by atoms with Crippen molar-refractivity contribution in [2.45, 2.75) is 19.9 Å². The maximum absolute atomic E-state index is 8.36. The zero-order valence-electron chi connectivity index (χ0n) is 8.64. The molecule has 1 heterocycles. The fourth-order valence-electron chi connectivity index (χ4n) is 1.60. The van der Waals surface area contributed by atoms with Crippen LogP contribution in [-0.4, -0.2) is 0 Å². The van der Waals surface area contributed by atoms with E-state index in [9.17, 15) is 0 Å². The van der Waals surface area contributed by atoms with Crippen LogP contribution in [0.4, 0.5) is 0 Å². The lowest BCUT2D eigenvalue weighted by molar-refractivity contribution is 0.578. The third-order valence-electron chi connectivity index (χ3n) is 2.37. The molecule has 2 rings (SSSR count). The summed E-state index contributed by atoms with van der Waals surface area (Å²) in [6.45, 7) is 3.78. The maximum Gasteiger partial charge on any atom is 0.134 e. The fourth-order valence-corrected chi connectivity index (χ4v) is 1.60. The molecular formula is C11H11N3O. The second-order valence-corrected chi connectivity index (χ2v) is 3.54. The molecule has 0 N–H and O–H groups in total. The van der Waals surface area contributed by atoms with Gasteiger partial charge in [-0.1, -0.05) is 18.1 Å². The van der Waals surface area contributed by atoms with Gasteiger partial charge in [0.25, 0.3) is 0 Å². The number of hydrogen-bond acceptors (Lipinski definition) is 2. The molecule has 76 valence electrons. The minimum Gasteiger partial charge on any atom is -0.461 e. The molecule has 1 aromatic heterocycles. The van der Waals surface area contributed by atoms with Crippen LogP contribution in [-0.2, 0) is 0 Å². The summed E-state index contributed by atoms with van der Waals surface area (Å²) in [6, 6.07) is 7.65. The SMILES string of the molecule is Cc1cc2cc(C(C)N=[N+]=[N-])ccc2o1. The number of aryl methyl sites for hydroxylation is 1. The highest BCUT2D eigenvalue weighted by Crippen LogP contribution is 2.24. The molecule has 1 aromatic carbocycles. The van der Waals surface area contributed by atoms with Crippen LogP contribution >= 0.6 is 0 Å². The van der Waals surface area contributed by atoms with Gasteiger partial charge in [-0.05, 0) is 36.2 Å². The first-order valence-electron chi connectivity index (χ1n) is 4.75. The monoisotopic (exact) mass is 201 g/mol. The van der Waals surface area contributed by atoms with Gasteiger partial charge >= 0.3 is 0 Å². The van der Waals surface area contributed by atoms with E-state index in [-0.39, 0.29) is 6.04 Å². The molecule has 0 fully saturated rings. The first kappa shape index (κ1) is 9.62. The number of nitrogens with zero attached hydrogens (tertiary/aromatic N) is 3. The molecule has 4 nitrogen and oxygen atoms in total. The van der Waals surface area contributed by atoms with Gasteiger partial charge < -0.3 is 4.42 Å². The molecule has 0 radical (unpaired) electrons. The summed E-state index contributed by atoms with van der Waals surface area (Å²) < 4.78 is 5.46. The smallest absolute Gasteiger partial charge is 0.134 e. The van der Waals surface area contributed by atoms with Gasteiger partial charge in [-0.25, -0.2) is 0 Å². The summed E-state index contributed by atoms with van der Waals surface area (Å²) in [4.78, 5) is 2.80. The Morgan fingerprint density at radius 1 is 1.40 bits per heavy atom. The van der Waals surface area contributed by atoms with E-state index in [2.05, 4.69) is 10.0 Å². The van der Waals surface area contributed by atoms with Crippen molar-refractivity contribution in [2.24, 2.45) is 5.11 Å². The quantitative estimate of drug-likeness (QED) is 0.409. The predicted molar refractivity (Wildman–Crippen MR) is 58.5 cm³/mol.